The molecule has 7 heteroatoms. The Morgan fingerprint density at radius 1 is 1.22 bits per heavy atom. The number of carbonyl (C=O) groups is 1. The number of anilines is 2. The Balaban J connectivity index is 1.28. The molecule has 4 rings (SSSR count). The molecule has 1 saturated heterocycles. The van der Waals surface area contributed by atoms with Crippen LogP contribution in [-0.4, -0.2) is 39.8 Å². The van der Waals surface area contributed by atoms with Gasteiger partial charge in [0.25, 0.3) is 0 Å². The van der Waals surface area contributed by atoms with E-state index in [2.05, 4.69) is 33.4 Å². The first-order valence-corrected chi connectivity index (χ1v) is 11.6. The molecule has 1 aliphatic carbocycles. The van der Waals surface area contributed by atoms with Crippen LogP contribution in [0.4, 0.5) is 10.8 Å². The van der Waals surface area contributed by atoms with E-state index in [1.165, 1.54) is 60.8 Å². The van der Waals surface area contributed by atoms with Crippen LogP contribution in [0, 0.1) is 18.8 Å². The van der Waals surface area contributed by atoms with Crippen molar-refractivity contribution < 1.29 is 4.79 Å². The lowest BCUT2D eigenvalue weighted by atomic mass is 9.75. The van der Waals surface area contributed by atoms with Crippen molar-refractivity contribution >= 4 is 39.8 Å². The highest BCUT2D eigenvalue weighted by atomic mass is 32.2. The molecule has 0 radical (unpaired) electrons. The smallest absolute Gasteiger partial charge is 0.233 e. The highest BCUT2D eigenvalue weighted by Crippen LogP contribution is 2.36. The molecule has 2 heterocycles. The van der Waals surface area contributed by atoms with Gasteiger partial charge in [0.05, 0.1) is 5.75 Å². The van der Waals surface area contributed by atoms with Gasteiger partial charge in [0, 0.05) is 18.8 Å². The summed E-state index contributed by atoms with van der Waals surface area (Å²) in [6, 6.07) is 8.11. The maximum Gasteiger partial charge on any atom is 0.233 e. The summed E-state index contributed by atoms with van der Waals surface area (Å²) in [5.41, 5.74) is 2.21. The SMILES string of the molecule is Cc1ccccc1Nc1nnc(SCC(=O)N2CC[C@@H]3CCCC[C@H]3C2)s1. The van der Waals surface area contributed by atoms with Crippen LogP contribution in [0.1, 0.15) is 37.7 Å². The van der Waals surface area contributed by atoms with Gasteiger partial charge in [-0.05, 0) is 43.2 Å². The number of hydrogen-bond acceptors (Lipinski definition) is 6. The lowest BCUT2D eigenvalue weighted by Gasteiger charge is -2.41. The first-order valence-electron chi connectivity index (χ1n) is 9.76. The number of amides is 1. The van der Waals surface area contributed by atoms with Crippen molar-refractivity contribution in [2.24, 2.45) is 11.8 Å². The van der Waals surface area contributed by atoms with Gasteiger partial charge in [0.1, 0.15) is 0 Å². The molecular weight excluding hydrogens is 376 g/mol. The van der Waals surface area contributed by atoms with Crippen LogP contribution < -0.4 is 5.32 Å². The van der Waals surface area contributed by atoms with Crippen molar-refractivity contribution in [1.82, 2.24) is 15.1 Å². The number of nitrogens with zero attached hydrogens (tertiary/aromatic N) is 3. The van der Waals surface area contributed by atoms with Gasteiger partial charge in [0.2, 0.25) is 11.0 Å². The number of aryl methyl sites for hydroxylation is 1. The molecule has 5 nitrogen and oxygen atoms in total. The fraction of sp³-hybridized carbons (Fsp3) is 0.550. The maximum absolute atomic E-state index is 12.6. The maximum atomic E-state index is 12.6. The number of rotatable bonds is 5. The lowest BCUT2D eigenvalue weighted by Crippen LogP contribution is -2.45. The van der Waals surface area contributed by atoms with E-state index in [-0.39, 0.29) is 5.91 Å². The van der Waals surface area contributed by atoms with E-state index in [1.54, 1.807) is 0 Å². The van der Waals surface area contributed by atoms with Gasteiger partial charge < -0.3 is 10.2 Å². The summed E-state index contributed by atoms with van der Waals surface area (Å²) < 4.78 is 0.840. The monoisotopic (exact) mass is 402 g/mol. The Labute approximate surface area is 168 Å². The number of likely N-dealkylation sites (tertiary alicyclic amines) is 1. The molecule has 1 amide bonds. The molecule has 0 spiro atoms. The summed E-state index contributed by atoms with van der Waals surface area (Å²) >= 11 is 3.00. The zero-order valence-electron chi connectivity index (χ0n) is 15.7. The summed E-state index contributed by atoms with van der Waals surface area (Å²) in [5, 5.41) is 12.5. The van der Waals surface area contributed by atoms with Gasteiger partial charge in [0.15, 0.2) is 4.34 Å². The molecule has 2 atom stereocenters. The number of aromatic nitrogens is 2. The fourth-order valence-corrected chi connectivity index (χ4v) is 5.86. The minimum Gasteiger partial charge on any atom is -0.342 e. The lowest BCUT2D eigenvalue weighted by molar-refractivity contribution is -0.131. The molecule has 144 valence electrons. The molecule has 2 aromatic rings. The fourth-order valence-electron chi connectivity index (χ4n) is 4.19. The highest BCUT2D eigenvalue weighted by Gasteiger charge is 2.32. The van der Waals surface area contributed by atoms with Crippen molar-refractivity contribution in [2.45, 2.75) is 43.4 Å². The molecular formula is C20H26N4OS2. The Bertz CT molecular complexity index is 794. The van der Waals surface area contributed by atoms with Gasteiger partial charge in [-0.15, -0.1) is 10.2 Å². The van der Waals surface area contributed by atoms with E-state index in [0.29, 0.717) is 5.75 Å². The van der Waals surface area contributed by atoms with Crippen molar-refractivity contribution in [3.8, 4) is 0 Å². The Morgan fingerprint density at radius 3 is 2.89 bits per heavy atom. The third-order valence-electron chi connectivity index (χ3n) is 5.76. The first kappa shape index (κ1) is 18.7. The second-order valence-electron chi connectivity index (χ2n) is 7.53. The summed E-state index contributed by atoms with van der Waals surface area (Å²) in [6.07, 6.45) is 6.56. The summed E-state index contributed by atoms with van der Waals surface area (Å²) in [7, 11) is 0. The Hall–Kier alpha value is -1.60. The standard InChI is InChI=1S/C20H26N4OS2/c1-14-6-2-5-9-17(14)21-19-22-23-20(27-19)26-13-18(25)24-11-10-15-7-3-4-8-16(15)12-24/h2,5-6,9,15-16H,3-4,7-8,10-13H2,1H3,(H,21,22)/t15-,16-/m0/s1. The molecule has 2 aliphatic rings. The van der Waals surface area contributed by atoms with E-state index < -0.39 is 0 Å². The van der Waals surface area contributed by atoms with E-state index >= 15 is 0 Å². The average molecular weight is 403 g/mol. The van der Waals surface area contributed by atoms with Crippen LogP contribution in [0.5, 0.6) is 0 Å². The number of fused-ring (bicyclic) bond motifs is 1. The van der Waals surface area contributed by atoms with Gasteiger partial charge in [-0.1, -0.05) is 60.6 Å². The van der Waals surface area contributed by atoms with Crippen molar-refractivity contribution in [3.05, 3.63) is 29.8 Å². The van der Waals surface area contributed by atoms with Crippen molar-refractivity contribution in [1.29, 1.82) is 0 Å². The Morgan fingerprint density at radius 2 is 2.04 bits per heavy atom. The van der Waals surface area contributed by atoms with Crippen molar-refractivity contribution in [2.75, 3.05) is 24.2 Å². The Kier molecular flexibility index (Phi) is 5.98. The highest BCUT2D eigenvalue weighted by molar-refractivity contribution is 8.01. The van der Waals surface area contributed by atoms with Crippen LogP contribution in [0.3, 0.4) is 0 Å². The number of benzene rings is 1. The molecule has 27 heavy (non-hydrogen) atoms. The quantitative estimate of drug-likeness (QED) is 0.733. The topological polar surface area (TPSA) is 58.1 Å². The molecule has 1 saturated carbocycles. The van der Waals surface area contributed by atoms with Crippen molar-refractivity contribution in [3.63, 3.8) is 0 Å². The number of para-hydroxylation sites is 1. The van der Waals surface area contributed by atoms with Crippen LogP contribution in [0.15, 0.2) is 28.6 Å². The zero-order valence-corrected chi connectivity index (χ0v) is 17.3. The van der Waals surface area contributed by atoms with Crippen LogP contribution in [-0.2, 0) is 4.79 Å². The number of carbonyl (C=O) groups excluding carboxylic acids is 1. The number of hydrogen-bond donors (Lipinski definition) is 1. The first-order chi connectivity index (χ1) is 13.2. The normalized spacial score (nSPS) is 22.3. The summed E-state index contributed by atoms with van der Waals surface area (Å²) in [4.78, 5) is 14.7. The van der Waals surface area contributed by atoms with E-state index in [4.69, 9.17) is 0 Å². The average Bonchev–Trinajstić information content (AvgIpc) is 3.15. The molecule has 1 aromatic carbocycles. The van der Waals surface area contributed by atoms with Gasteiger partial charge in [-0.3, -0.25) is 4.79 Å². The molecule has 1 aliphatic heterocycles. The predicted molar refractivity (Wildman–Crippen MR) is 112 cm³/mol. The molecule has 2 fully saturated rings. The van der Waals surface area contributed by atoms with E-state index in [0.717, 1.165) is 40.1 Å². The van der Waals surface area contributed by atoms with Gasteiger partial charge in [-0.25, -0.2) is 0 Å². The predicted octanol–water partition coefficient (Wildman–Crippen LogP) is 4.72. The van der Waals surface area contributed by atoms with Gasteiger partial charge >= 0.3 is 0 Å². The zero-order chi connectivity index (χ0) is 18.6. The molecule has 1 N–H and O–H groups in total. The van der Waals surface area contributed by atoms with Crippen LogP contribution in [0.2, 0.25) is 0 Å². The largest absolute Gasteiger partial charge is 0.342 e. The molecule has 1 aromatic heterocycles. The van der Waals surface area contributed by atoms with Crippen LogP contribution >= 0.6 is 23.1 Å². The summed E-state index contributed by atoms with van der Waals surface area (Å²) in [6.45, 7) is 3.95. The van der Waals surface area contributed by atoms with E-state index in [1.807, 2.05) is 18.2 Å². The second-order valence-corrected chi connectivity index (χ2v) is 9.73. The third kappa shape index (κ3) is 4.63. The van der Waals surface area contributed by atoms with E-state index in [9.17, 15) is 4.79 Å². The summed E-state index contributed by atoms with van der Waals surface area (Å²) in [5.74, 6) is 2.28. The van der Waals surface area contributed by atoms with Crippen LogP contribution in [0.25, 0.3) is 0 Å². The number of nitrogens with one attached hydrogen (secondary N) is 1. The minimum absolute atomic E-state index is 0.243. The molecule has 0 bridgehead atoms. The number of piperidine rings is 1. The molecule has 0 unspecified atom stereocenters. The minimum atomic E-state index is 0.243. The third-order valence-corrected chi connectivity index (χ3v) is 7.71. The number of thioether (sulfide) groups is 1. The second kappa shape index (κ2) is 8.61. The van der Waals surface area contributed by atoms with Gasteiger partial charge in [-0.2, -0.15) is 0 Å².